The molecule has 0 bridgehead atoms. The van der Waals surface area contributed by atoms with Crippen molar-refractivity contribution in [3.05, 3.63) is 23.8 Å². The van der Waals surface area contributed by atoms with E-state index in [0.717, 1.165) is 27.7 Å². The van der Waals surface area contributed by atoms with Gasteiger partial charge in [-0.1, -0.05) is 0 Å². The van der Waals surface area contributed by atoms with Gasteiger partial charge in [0.05, 0.1) is 20.3 Å². The quantitative estimate of drug-likeness (QED) is 0.224. The van der Waals surface area contributed by atoms with Crippen LogP contribution < -0.4 is 9.47 Å². The van der Waals surface area contributed by atoms with Crippen molar-refractivity contribution < 1.29 is 67.3 Å². The summed E-state index contributed by atoms with van der Waals surface area (Å²) in [6, 6.07) is 4.12. The molecule has 0 aromatic heterocycles. The monoisotopic (exact) mass is 585 g/mol. The van der Waals surface area contributed by atoms with Gasteiger partial charge in [0.15, 0.2) is 23.7 Å². The Morgan fingerprint density at radius 3 is 1.88 bits per heavy atom. The highest BCUT2D eigenvalue weighted by atomic mass is 16.7. The first-order valence-electron chi connectivity index (χ1n) is 12.6. The molecule has 0 radical (unpaired) electrons. The number of hydrogen-bond donors (Lipinski definition) is 2. The number of benzene rings is 1. The van der Waals surface area contributed by atoms with Crippen LogP contribution in [0.1, 0.15) is 38.1 Å². The van der Waals surface area contributed by atoms with Gasteiger partial charge in [0.1, 0.15) is 12.7 Å². The molecule has 1 fully saturated rings. The lowest BCUT2D eigenvalue weighted by Gasteiger charge is -2.44. The Labute approximate surface area is 236 Å². The van der Waals surface area contributed by atoms with E-state index in [9.17, 15) is 34.2 Å². The van der Waals surface area contributed by atoms with Crippen molar-refractivity contribution in [1.29, 1.82) is 0 Å². The Morgan fingerprint density at radius 1 is 0.805 bits per heavy atom. The van der Waals surface area contributed by atoms with Crippen LogP contribution in [-0.2, 0) is 42.9 Å². The molecule has 2 rings (SSSR count). The lowest BCUT2D eigenvalue weighted by atomic mass is 9.98. The number of carbonyl (C=O) groups excluding carboxylic acids is 5. The SMILES string of the molecule is COc1cc(C(=O)N(CCO)CCO)ccc1O[C@@H]1O[C@H](COC(C)=O)[C@@H](OC(C)=O)[C@@H](OC(C)=O)[C@H]1OC(C)=O. The van der Waals surface area contributed by atoms with Crippen molar-refractivity contribution in [2.24, 2.45) is 0 Å². The molecule has 1 saturated heterocycles. The van der Waals surface area contributed by atoms with Gasteiger partial charge in [-0.3, -0.25) is 24.0 Å². The molecule has 41 heavy (non-hydrogen) atoms. The molecule has 15 heteroatoms. The Bertz CT molecular complexity index is 1090. The average molecular weight is 586 g/mol. The molecule has 1 aromatic carbocycles. The number of nitrogens with zero attached hydrogens (tertiary/aromatic N) is 1. The van der Waals surface area contributed by atoms with Crippen LogP contribution in [0.5, 0.6) is 11.5 Å². The molecule has 228 valence electrons. The first kappa shape index (κ1) is 33.3. The van der Waals surface area contributed by atoms with Crippen LogP contribution in [0.3, 0.4) is 0 Å². The van der Waals surface area contributed by atoms with Crippen molar-refractivity contribution in [3.8, 4) is 11.5 Å². The van der Waals surface area contributed by atoms with Gasteiger partial charge in [0.25, 0.3) is 5.91 Å². The number of ether oxygens (including phenoxy) is 7. The largest absolute Gasteiger partial charge is 0.493 e. The molecule has 15 nitrogen and oxygen atoms in total. The molecule has 0 saturated carbocycles. The zero-order valence-electron chi connectivity index (χ0n) is 23.4. The smallest absolute Gasteiger partial charge is 0.303 e. The number of aliphatic hydroxyl groups excluding tert-OH is 2. The standard InChI is InChI=1S/C26H35NO14/c1-14(30)36-13-21-22(37-15(2)31)23(38-16(3)32)24(39-17(4)33)26(41-21)40-19-7-6-18(12-20(19)35-5)25(34)27(8-10-28)9-11-29/h6-7,12,21-24,26,28-29H,8-11,13H2,1-5H3/t21-,22-,23-,24-,26-/m1/s1. The predicted molar refractivity (Wildman–Crippen MR) is 136 cm³/mol. The number of rotatable bonds is 13. The number of carbonyl (C=O) groups is 5. The van der Waals surface area contributed by atoms with Crippen LogP contribution in [-0.4, -0.2) is 116 Å². The molecule has 1 heterocycles. The summed E-state index contributed by atoms with van der Waals surface area (Å²) in [7, 11) is 1.31. The van der Waals surface area contributed by atoms with E-state index in [1.807, 2.05) is 0 Å². The number of methoxy groups -OCH3 is 1. The fraction of sp³-hybridized carbons (Fsp3) is 0.577. The van der Waals surface area contributed by atoms with E-state index in [0.29, 0.717) is 0 Å². The van der Waals surface area contributed by atoms with E-state index in [1.54, 1.807) is 0 Å². The highest BCUT2D eigenvalue weighted by Gasteiger charge is 2.53. The lowest BCUT2D eigenvalue weighted by Crippen LogP contribution is -2.63. The van der Waals surface area contributed by atoms with Crippen LogP contribution in [0.4, 0.5) is 0 Å². The first-order chi connectivity index (χ1) is 19.4. The van der Waals surface area contributed by atoms with Gasteiger partial charge in [-0.05, 0) is 18.2 Å². The minimum Gasteiger partial charge on any atom is -0.493 e. The zero-order chi connectivity index (χ0) is 30.7. The summed E-state index contributed by atoms with van der Waals surface area (Å²) >= 11 is 0. The minimum absolute atomic E-state index is 0.00923. The molecule has 5 atom stereocenters. The zero-order valence-corrected chi connectivity index (χ0v) is 23.4. The molecule has 1 amide bonds. The van der Waals surface area contributed by atoms with Gasteiger partial charge >= 0.3 is 23.9 Å². The highest BCUT2D eigenvalue weighted by Crippen LogP contribution is 2.35. The van der Waals surface area contributed by atoms with Gasteiger partial charge in [-0.15, -0.1) is 0 Å². The summed E-state index contributed by atoms with van der Waals surface area (Å²) < 4.78 is 38.4. The third-order valence-electron chi connectivity index (χ3n) is 5.63. The normalized spacial score (nSPS) is 21.7. The van der Waals surface area contributed by atoms with Gasteiger partial charge in [0, 0.05) is 46.3 Å². The molecule has 2 N–H and O–H groups in total. The fourth-order valence-corrected chi connectivity index (χ4v) is 4.05. The molecule has 1 aliphatic heterocycles. The topological polar surface area (TPSA) is 194 Å². The number of esters is 4. The fourth-order valence-electron chi connectivity index (χ4n) is 4.05. The predicted octanol–water partition coefficient (Wildman–Crippen LogP) is -0.416. The van der Waals surface area contributed by atoms with Crippen LogP contribution in [0.15, 0.2) is 18.2 Å². The van der Waals surface area contributed by atoms with Crippen LogP contribution in [0.25, 0.3) is 0 Å². The first-order valence-corrected chi connectivity index (χ1v) is 12.6. The molecule has 0 unspecified atom stereocenters. The van der Waals surface area contributed by atoms with E-state index in [4.69, 9.17) is 33.2 Å². The molecular formula is C26H35NO14. The van der Waals surface area contributed by atoms with Crippen LogP contribution in [0, 0.1) is 0 Å². The van der Waals surface area contributed by atoms with Gasteiger partial charge in [-0.25, -0.2) is 0 Å². The lowest BCUT2D eigenvalue weighted by molar-refractivity contribution is -0.288. The van der Waals surface area contributed by atoms with E-state index in [-0.39, 0.29) is 43.4 Å². The Hall–Kier alpha value is -3.95. The summed E-state index contributed by atoms with van der Waals surface area (Å²) in [5, 5.41) is 18.5. The maximum absolute atomic E-state index is 12.9. The number of amides is 1. The van der Waals surface area contributed by atoms with Crippen molar-refractivity contribution in [2.75, 3.05) is 40.0 Å². The number of aliphatic hydroxyl groups is 2. The molecule has 0 aliphatic carbocycles. The van der Waals surface area contributed by atoms with Crippen molar-refractivity contribution >= 4 is 29.8 Å². The van der Waals surface area contributed by atoms with Crippen LogP contribution >= 0.6 is 0 Å². The third kappa shape index (κ3) is 9.58. The summed E-state index contributed by atoms with van der Waals surface area (Å²) in [6.07, 6.45) is -6.99. The van der Waals surface area contributed by atoms with Crippen molar-refractivity contribution in [1.82, 2.24) is 4.90 Å². The van der Waals surface area contributed by atoms with E-state index < -0.39 is 67.1 Å². The summed E-state index contributed by atoms with van der Waals surface area (Å²) in [6.45, 7) is 3.37. The Balaban J connectivity index is 2.50. The molecule has 1 aliphatic rings. The van der Waals surface area contributed by atoms with Crippen LogP contribution in [0.2, 0.25) is 0 Å². The van der Waals surface area contributed by atoms with Crippen molar-refractivity contribution in [2.45, 2.75) is 58.4 Å². The molecular weight excluding hydrogens is 550 g/mol. The highest BCUT2D eigenvalue weighted by molar-refractivity contribution is 5.95. The third-order valence-corrected chi connectivity index (χ3v) is 5.63. The van der Waals surface area contributed by atoms with Crippen molar-refractivity contribution in [3.63, 3.8) is 0 Å². The van der Waals surface area contributed by atoms with E-state index >= 15 is 0 Å². The second-order valence-corrected chi connectivity index (χ2v) is 8.79. The Morgan fingerprint density at radius 2 is 1.37 bits per heavy atom. The van der Waals surface area contributed by atoms with E-state index in [1.165, 1.54) is 30.2 Å². The summed E-state index contributed by atoms with van der Waals surface area (Å²) in [5.74, 6) is -3.47. The van der Waals surface area contributed by atoms with Gasteiger partial charge in [-0.2, -0.15) is 0 Å². The second kappa shape index (κ2) is 15.7. The molecule has 0 spiro atoms. The van der Waals surface area contributed by atoms with E-state index in [2.05, 4.69) is 0 Å². The summed E-state index contributed by atoms with van der Waals surface area (Å²) in [5.41, 5.74) is 0.151. The summed E-state index contributed by atoms with van der Waals surface area (Å²) in [4.78, 5) is 61.6. The number of hydrogen-bond acceptors (Lipinski definition) is 14. The minimum atomic E-state index is -1.51. The Kier molecular flexibility index (Phi) is 12.8. The maximum atomic E-state index is 12.9. The maximum Gasteiger partial charge on any atom is 0.303 e. The average Bonchev–Trinajstić information content (AvgIpc) is 2.89. The van der Waals surface area contributed by atoms with Gasteiger partial charge < -0.3 is 48.3 Å². The second-order valence-electron chi connectivity index (χ2n) is 8.79. The van der Waals surface area contributed by atoms with Gasteiger partial charge in [0.2, 0.25) is 12.4 Å². The molecule has 1 aromatic rings.